The summed E-state index contributed by atoms with van der Waals surface area (Å²) in [6.07, 6.45) is 11.2. The van der Waals surface area contributed by atoms with Crippen LogP contribution in [0, 0.1) is 0 Å². The van der Waals surface area contributed by atoms with Gasteiger partial charge < -0.3 is 0 Å². The van der Waals surface area contributed by atoms with Gasteiger partial charge in [-0.05, 0) is 30.5 Å². The molecule has 0 aromatic heterocycles. The Balaban J connectivity index is 2.22. The fraction of sp³-hybridized carbons (Fsp3) is 0.600. The molecule has 24 heavy (non-hydrogen) atoms. The number of hydrazone groups is 1. The highest BCUT2D eigenvalue weighted by Gasteiger charge is 2.04. The number of halogens is 1. The van der Waals surface area contributed by atoms with Crippen molar-refractivity contribution >= 4 is 23.2 Å². The molecule has 0 spiro atoms. The van der Waals surface area contributed by atoms with Crippen LogP contribution in [-0.4, -0.2) is 11.6 Å². The first-order valence-electron chi connectivity index (χ1n) is 9.28. The number of nitrogens with one attached hydrogen (secondary N) is 1. The number of carbonyl (C=O) groups excluding carboxylic acids is 1. The average molecular weight is 351 g/mol. The van der Waals surface area contributed by atoms with E-state index < -0.39 is 0 Å². The van der Waals surface area contributed by atoms with Crippen LogP contribution in [0.15, 0.2) is 29.4 Å². The van der Waals surface area contributed by atoms with Crippen molar-refractivity contribution in [2.45, 2.75) is 78.1 Å². The molecule has 1 N–H and O–H groups in total. The van der Waals surface area contributed by atoms with E-state index in [-0.39, 0.29) is 5.91 Å². The topological polar surface area (TPSA) is 41.5 Å². The summed E-state index contributed by atoms with van der Waals surface area (Å²) in [5.74, 6) is 0.000830. The van der Waals surface area contributed by atoms with Gasteiger partial charge in [0.25, 0.3) is 0 Å². The van der Waals surface area contributed by atoms with E-state index in [4.69, 9.17) is 11.6 Å². The molecule has 0 aliphatic heterocycles. The number of hydrogen-bond donors (Lipinski definition) is 1. The van der Waals surface area contributed by atoms with Gasteiger partial charge in [-0.15, -0.1) is 0 Å². The minimum Gasteiger partial charge on any atom is -0.273 e. The predicted molar refractivity (Wildman–Crippen MR) is 104 cm³/mol. The lowest BCUT2D eigenvalue weighted by atomic mass is 10.1. The van der Waals surface area contributed by atoms with E-state index >= 15 is 0 Å². The maximum atomic E-state index is 11.9. The van der Waals surface area contributed by atoms with Crippen molar-refractivity contribution in [2.24, 2.45) is 5.10 Å². The number of unbranched alkanes of at least 4 members (excludes halogenated alkanes) is 7. The Kier molecular flexibility index (Phi) is 11.2. The Morgan fingerprint density at radius 2 is 1.54 bits per heavy atom. The zero-order chi connectivity index (χ0) is 17.6. The molecule has 1 amide bonds. The maximum absolute atomic E-state index is 11.9. The fourth-order valence-electron chi connectivity index (χ4n) is 2.60. The van der Waals surface area contributed by atoms with E-state index in [0.29, 0.717) is 11.4 Å². The second kappa shape index (κ2) is 13.0. The van der Waals surface area contributed by atoms with Crippen molar-refractivity contribution in [1.82, 2.24) is 5.43 Å². The lowest BCUT2D eigenvalue weighted by Crippen LogP contribution is -2.19. The molecule has 0 saturated heterocycles. The molecule has 134 valence electrons. The van der Waals surface area contributed by atoms with E-state index in [1.54, 1.807) is 0 Å². The molecule has 3 nitrogen and oxygen atoms in total. The third-order valence-corrected chi connectivity index (χ3v) is 4.34. The average Bonchev–Trinajstić information content (AvgIpc) is 2.59. The SMILES string of the molecule is CCCCCCCCCCC(=O)NN=C(CC)c1ccc(Cl)cc1. The summed E-state index contributed by atoms with van der Waals surface area (Å²) < 4.78 is 0. The molecule has 0 bridgehead atoms. The smallest absolute Gasteiger partial charge is 0.240 e. The van der Waals surface area contributed by atoms with E-state index in [0.717, 1.165) is 30.5 Å². The zero-order valence-electron chi connectivity index (χ0n) is 15.1. The molecule has 0 aliphatic carbocycles. The minimum absolute atomic E-state index is 0.000830. The van der Waals surface area contributed by atoms with Crippen LogP contribution >= 0.6 is 11.6 Å². The number of rotatable bonds is 12. The Bertz CT molecular complexity index is 497. The molecule has 0 saturated carbocycles. The third kappa shape index (κ3) is 9.07. The molecule has 1 rings (SSSR count). The number of carbonyl (C=O) groups is 1. The van der Waals surface area contributed by atoms with Crippen molar-refractivity contribution < 1.29 is 4.79 Å². The summed E-state index contributed by atoms with van der Waals surface area (Å²) in [4.78, 5) is 11.9. The summed E-state index contributed by atoms with van der Waals surface area (Å²) in [5, 5.41) is 4.97. The molecule has 0 aliphatic rings. The van der Waals surface area contributed by atoms with Gasteiger partial charge in [-0.2, -0.15) is 5.10 Å². The Labute approximate surface area is 151 Å². The monoisotopic (exact) mass is 350 g/mol. The maximum Gasteiger partial charge on any atom is 0.240 e. The van der Waals surface area contributed by atoms with Gasteiger partial charge in [-0.25, -0.2) is 5.43 Å². The van der Waals surface area contributed by atoms with Gasteiger partial charge in [-0.3, -0.25) is 4.79 Å². The first kappa shape index (κ1) is 20.7. The molecule has 0 heterocycles. The van der Waals surface area contributed by atoms with Crippen LogP contribution in [0.5, 0.6) is 0 Å². The first-order chi connectivity index (χ1) is 11.7. The van der Waals surface area contributed by atoms with Crippen LogP contribution in [0.25, 0.3) is 0 Å². The van der Waals surface area contributed by atoms with Crippen LogP contribution in [0.4, 0.5) is 0 Å². The molecule has 0 unspecified atom stereocenters. The first-order valence-corrected chi connectivity index (χ1v) is 9.66. The standard InChI is InChI=1S/C20H31ClN2O/c1-3-5-6-7-8-9-10-11-12-20(24)23-22-19(4-2)17-13-15-18(21)16-14-17/h13-16H,3-12H2,1-2H3,(H,23,24). The van der Waals surface area contributed by atoms with E-state index in [1.165, 1.54) is 38.5 Å². The van der Waals surface area contributed by atoms with Crippen molar-refractivity contribution in [3.05, 3.63) is 34.9 Å². The molecule has 1 aromatic carbocycles. The van der Waals surface area contributed by atoms with Crippen molar-refractivity contribution in [3.8, 4) is 0 Å². The van der Waals surface area contributed by atoms with Gasteiger partial charge in [0, 0.05) is 11.4 Å². The number of amides is 1. The minimum atomic E-state index is 0.000830. The Morgan fingerprint density at radius 3 is 2.12 bits per heavy atom. The molecule has 1 aromatic rings. The van der Waals surface area contributed by atoms with Crippen LogP contribution in [0.2, 0.25) is 5.02 Å². The van der Waals surface area contributed by atoms with Gasteiger partial charge in [-0.1, -0.05) is 82.5 Å². The van der Waals surface area contributed by atoms with Crippen molar-refractivity contribution in [1.29, 1.82) is 0 Å². The highest BCUT2D eigenvalue weighted by molar-refractivity contribution is 6.30. The third-order valence-electron chi connectivity index (χ3n) is 4.09. The van der Waals surface area contributed by atoms with E-state index in [2.05, 4.69) is 17.5 Å². The molecular weight excluding hydrogens is 320 g/mol. The molecule has 4 heteroatoms. The number of nitrogens with zero attached hydrogens (tertiary/aromatic N) is 1. The molecule has 0 radical (unpaired) electrons. The summed E-state index contributed by atoms with van der Waals surface area (Å²) in [5.41, 5.74) is 4.55. The molecule has 0 atom stereocenters. The summed E-state index contributed by atoms with van der Waals surface area (Å²) >= 11 is 5.90. The van der Waals surface area contributed by atoms with Crippen LogP contribution in [0.3, 0.4) is 0 Å². The van der Waals surface area contributed by atoms with Gasteiger partial charge in [0.15, 0.2) is 0 Å². The summed E-state index contributed by atoms with van der Waals surface area (Å²) in [7, 11) is 0. The highest BCUT2D eigenvalue weighted by Crippen LogP contribution is 2.12. The van der Waals surface area contributed by atoms with E-state index in [9.17, 15) is 4.79 Å². The summed E-state index contributed by atoms with van der Waals surface area (Å²) in [6.45, 7) is 4.26. The quantitative estimate of drug-likeness (QED) is 0.276. The van der Waals surface area contributed by atoms with Crippen molar-refractivity contribution in [3.63, 3.8) is 0 Å². The Hall–Kier alpha value is -1.35. The largest absolute Gasteiger partial charge is 0.273 e. The van der Waals surface area contributed by atoms with Gasteiger partial charge in [0.1, 0.15) is 0 Å². The van der Waals surface area contributed by atoms with E-state index in [1.807, 2.05) is 31.2 Å². The highest BCUT2D eigenvalue weighted by atomic mass is 35.5. The zero-order valence-corrected chi connectivity index (χ0v) is 15.9. The second-order valence-electron chi connectivity index (χ2n) is 6.18. The van der Waals surface area contributed by atoms with Crippen LogP contribution in [-0.2, 0) is 4.79 Å². The second-order valence-corrected chi connectivity index (χ2v) is 6.62. The van der Waals surface area contributed by atoms with Crippen LogP contribution < -0.4 is 5.43 Å². The van der Waals surface area contributed by atoms with Gasteiger partial charge in [0.05, 0.1) is 5.71 Å². The lowest BCUT2D eigenvalue weighted by molar-refractivity contribution is -0.121. The molecular formula is C20H31ClN2O. The van der Waals surface area contributed by atoms with Gasteiger partial charge >= 0.3 is 0 Å². The number of benzene rings is 1. The predicted octanol–water partition coefficient (Wildman–Crippen LogP) is 6.10. The fourth-order valence-corrected chi connectivity index (χ4v) is 2.72. The Morgan fingerprint density at radius 1 is 0.958 bits per heavy atom. The van der Waals surface area contributed by atoms with Crippen LogP contribution in [0.1, 0.15) is 83.6 Å². The summed E-state index contributed by atoms with van der Waals surface area (Å²) in [6, 6.07) is 7.53. The lowest BCUT2D eigenvalue weighted by Gasteiger charge is -2.06. The number of hydrogen-bond acceptors (Lipinski definition) is 2. The van der Waals surface area contributed by atoms with Gasteiger partial charge in [0.2, 0.25) is 5.91 Å². The van der Waals surface area contributed by atoms with Crippen molar-refractivity contribution in [2.75, 3.05) is 0 Å². The normalized spacial score (nSPS) is 11.5. The molecule has 0 fully saturated rings.